The molecule has 0 bridgehead atoms. The van der Waals surface area contributed by atoms with E-state index in [-0.39, 0.29) is 10.7 Å². The minimum atomic E-state index is 0.0521. The molecule has 4 heteroatoms. The Hall–Kier alpha value is -1.00. The van der Waals surface area contributed by atoms with Gasteiger partial charge in [0.2, 0.25) is 5.91 Å². The van der Waals surface area contributed by atoms with E-state index in [1.807, 2.05) is 31.3 Å². The van der Waals surface area contributed by atoms with Gasteiger partial charge in [-0.1, -0.05) is 32.9 Å². The van der Waals surface area contributed by atoms with Crippen molar-refractivity contribution in [3.05, 3.63) is 29.8 Å². The Bertz CT molecular complexity index is 382. The minimum Gasteiger partial charge on any atom is -0.325 e. The molecule has 100 valence electrons. The molecular weight excluding hydrogens is 244 g/mol. The van der Waals surface area contributed by atoms with Crippen molar-refractivity contribution < 1.29 is 4.79 Å². The molecule has 0 unspecified atom stereocenters. The smallest absolute Gasteiger partial charge is 0.234 e. The van der Waals surface area contributed by atoms with Gasteiger partial charge in [-0.3, -0.25) is 4.79 Å². The SMILES string of the molecule is CNCc1ccc(NC(=O)CSC(C)(C)C)cc1. The van der Waals surface area contributed by atoms with Crippen LogP contribution in [0.2, 0.25) is 0 Å². The van der Waals surface area contributed by atoms with E-state index in [2.05, 4.69) is 31.4 Å². The highest BCUT2D eigenvalue weighted by molar-refractivity contribution is 8.01. The van der Waals surface area contributed by atoms with E-state index in [1.54, 1.807) is 11.8 Å². The highest BCUT2D eigenvalue weighted by Crippen LogP contribution is 2.23. The summed E-state index contributed by atoms with van der Waals surface area (Å²) >= 11 is 1.65. The number of amides is 1. The van der Waals surface area contributed by atoms with Crippen LogP contribution in [0.5, 0.6) is 0 Å². The van der Waals surface area contributed by atoms with Crippen molar-refractivity contribution in [3.8, 4) is 0 Å². The van der Waals surface area contributed by atoms with E-state index in [4.69, 9.17) is 0 Å². The Morgan fingerprint density at radius 1 is 1.22 bits per heavy atom. The number of carbonyl (C=O) groups excluding carboxylic acids is 1. The fraction of sp³-hybridized carbons (Fsp3) is 0.500. The van der Waals surface area contributed by atoms with Gasteiger partial charge in [0.1, 0.15) is 0 Å². The highest BCUT2D eigenvalue weighted by atomic mass is 32.2. The van der Waals surface area contributed by atoms with Gasteiger partial charge in [0.25, 0.3) is 0 Å². The molecule has 0 saturated carbocycles. The first kappa shape index (κ1) is 15.1. The van der Waals surface area contributed by atoms with Crippen LogP contribution in [0.1, 0.15) is 26.3 Å². The van der Waals surface area contributed by atoms with Gasteiger partial charge in [0.15, 0.2) is 0 Å². The first-order chi connectivity index (χ1) is 8.40. The highest BCUT2D eigenvalue weighted by Gasteiger charge is 2.13. The zero-order valence-corrected chi connectivity index (χ0v) is 12.4. The van der Waals surface area contributed by atoms with Crippen molar-refractivity contribution in [3.63, 3.8) is 0 Å². The molecular formula is C14H22N2OS. The predicted molar refractivity (Wildman–Crippen MR) is 80.0 cm³/mol. The molecule has 0 aliphatic heterocycles. The lowest BCUT2D eigenvalue weighted by Crippen LogP contribution is -2.18. The molecule has 0 fully saturated rings. The number of rotatable bonds is 5. The van der Waals surface area contributed by atoms with Gasteiger partial charge in [-0.05, 0) is 24.7 Å². The van der Waals surface area contributed by atoms with Crippen LogP contribution in [0.4, 0.5) is 5.69 Å². The molecule has 0 aliphatic carbocycles. The number of carbonyl (C=O) groups is 1. The number of benzene rings is 1. The van der Waals surface area contributed by atoms with Crippen molar-refractivity contribution in [1.82, 2.24) is 5.32 Å². The van der Waals surface area contributed by atoms with E-state index in [9.17, 15) is 4.79 Å². The standard InChI is InChI=1S/C14H22N2OS/c1-14(2,3)18-10-13(17)16-12-7-5-11(6-8-12)9-15-4/h5-8,15H,9-10H2,1-4H3,(H,16,17). The third-order valence-electron chi connectivity index (χ3n) is 2.25. The normalized spacial score (nSPS) is 11.3. The van der Waals surface area contributed by atoms with Crippen LogP contribution in [0, 0.1) is 0 Å². The summed E-state index contributed by atoms with van der Waals surface area (Å²) in [5.41, 5.74) is 2.06. The van der Waals surface area contributed by atoms with Crippen LogP contribution in [0.3, 0.4) is 0 Å². The summed E-state index contributed by atoms with van der Waals surface area (Å²) in [5.74, 6) is 0.540. The predicted octanol–water partition coefficient (Wildman–Crippen LogP) is 2.88. The zero-order valence-electron chi connectivity index (χ0n) is 11.5. The summed E-state index contributed by atoms with van der Waals surface area (Å²) in [6.45, 7) is 7.17. The maximum absolute atomic E-state index is 11.7. The summed E-state index contributed by atoms with van der Waals surface area (Å²) < 4.78 is 0.119. The molecule has 3 nitrogen and oxygen atoms in total. The number of anilines is 1. The summed E-state index contributed by atoms with van der Waals surface area (Å²) in [7, 11) is 1.92. The first-order valence-corrected chi connectivity index (χ1v) is 7.06. The Kier molecular flexibility index (Phi) is 5.69. The van der Waals surface area contributed by atoms with Crippen molar-refractivity contribution >= 4 is 23.4 Å². The fourth-order valence-corrected chi connectivity index (χ4v) is 2.03. The maximum atomic E-state index is 11.7. The molecule has 18 heavy (non-hydrogen) atoms. The molecule has 0 spiro atoms. The van der Waals surface area contributed by atoms with Gasteiger partial charge in [-0.15, -0.1) is 11.8 Å². The molecule has 1 rings (SSSR count). The molecule has 0 saturated heterocycles. The second-order valence-electron chi connectivity index (χ2n) is 5.18. The monoisotopic (exact) mass is 266 g/mol. The minimum absolute atomic E-state index is 0.0521. The van der Waals surface area contributed by atoms with E-state index in [0.717, 1.165) is 12.2 Å². The Balaban J connectivity index is 2.44. The lowest BCUT2D eigenvalue weighted by atomic mass is 10.2. The second-order valence-corrected chi connectivity index (χ2v) is 6.98. The van der Waals surface area contributed by atoms with Gasteiger partial charge in [-0.2, -0.15) is 0 Å². The van der Waals surface area contributed by atoms with Crippen LogP contribution in [0.15, 0.2) is 24.3 Å². The molecule has 0 aromatic heterocycles. The molecule has 0 radical (unpaired) electrons. The average molecular weight is 266 g/mol. The molecule has 1 aromatic carbocycles. The summed E-state index contributed by atoms with van der Waals surface area (Å²) in [5, 5.41) is 5.99. The summed E-state index contributed by atoms with van der Waals surface area (Å²) in [6, 6.07) is 7.91. The zero-order chi connectivity index (χ0) is 13.6. The lowest BCUT2D eigenvalue weighted by Gasteiger charge is -2.17. The van der Waals surface area contributed by atoms with Gasteiger partial charge in [-0.25, -0.2) is 0 Å². The number of thioether (sulfide) groups is 1. The van der Waals surface area contributed by atoms with Crippen LogP contribution >= 0.6 is 11.8 Å². The fourth-order valence-electron chi connectivity index (χ4n) is 1.39. The molecule has 2 N–H and O–H groups in total. The summed E-state index contributed by atoms with van der Waals surface area (Å²) in [4.78, 5) is 11.7. The van der Waals surface area contributed by atoms with E-state index in [1.165, 1.54) is 5.56 Å². The van der Waals surface area contributed by atoms with Gasteiger partial charge < -0.3 is 10.6 Å². The van der Waals surface area contributed by atoms with E-state index < -0.39 is 0 Å². The Morgan fingerprint density at radius 3 is 2.33 bits per heavy atom. The van der Waals surface area contributed by atoms with Gasteiger partial charge in [0, 0.05) is 17.0 Å². The second kappa shape index (κ2) is 6.81. The maximum Gasteiger partial charge on any atom is 0.234 e. The van der Waals surface area contributed by atoms with Gasteiger partial charge >= 0.3 is 0 Å². The van der Waals surface area contributed by atoms with Crippen LogP contribution in [-0.2, 0) is 11.3 Å². The van der Waals surface area contributed by atoms with Gasteiger partial charge in [0.05, 0.1) is 5.75 Å². The third-order valence-corrected chi connectivity index (χ3v) is 3.53. The van der Waals surface area contributed by atoms with Crippen molar-refractivity contribution in [1.29, 1.82) is 0 Å². The molecule has 0 aliphatic rings. The first-order valence-electron chi connectivity index (χ1n) is 6.08. The lowest BCUT2D eigenvalue weighted by molar-refractivity contribution is -0.113. The van der Waals surface area contributed by atoms with Crippen LogP contribution in [-0.4, -0.2) is 23.5 Å². The number of hydrogen-bond acceptors (Lipinski definition) is 3. The largest absolute Gasteiger partial charge is 0.325 e. The Labute approximate surface area is 114 Å². The van der Waals surface area contributed by atoms with E-state index in [0.29, 0.717) is 5.75 Å². The average Bonchev–Trinajstić information content (AvgIpc) is 2.29. The molecule has 0 heterocycles. The van der Waals surface area contributed by atoms with Crippen molar-refractivity contribution in [2.45, 2.75) is 32.1 Å². The Morgan fingerprint density at radius 2 is 1.83 bits per heavy atom. The molecule has 1 aromatic rings. The molecule has 0 atom stereocenters. The van der Waals surface area contributed by atoms with Crippen LogP contribution in [0.25, 0.3) is 0 Å². The van der Waals surface area contributed by atoms with Crippen molar-refractivity contribution in [2.75, 3.05) is 18.1 Å². The number of hydrogen-bond donors (Lipinski definition) is 2. The topological polar surface area (TPSA) is 41.1 Å². The van der Waals surface area contributed by atoms with E-state index >= 15 is 0 Å². The third kappa shape index (κ3) is 6.07. The number of nitrogens with one attached hydrogen (secondary N) is 2. The van der Waals surface area contributed by atoms with Crippen LogP contribution < -0.4 is 10.6 Å². The summed E-state index contributed by atoms with van der Waals surface area (Å²) in [6.07, 6.45) is 0. The van der Waals surface area contributed by atoms with Crippen molar-refractivity contribution in [2.24, 2.45) is 0 Å². The quantitative estimate of drug-likeness (QED) is 0.861. The molecule has 1 amide bonds.